The van der Waals surface area contributed by atoms with E-state index in [1.54, 1.807) is 22.7 Å². The van der Waals surface area contributed by atoms with Crippen molar-refractivity contribution in [3.63, 3.8) is 0 Å². The van der Waals surface area contributed by atoms with E-state index in [0.717, 1.165) is 47.4 Å². The molecule has 0 aliphatic carbocycles. The molecule has 1 N–H and O–H groups in total. The Bertz CT molecular complexity index is 1020. The van der Waals surface area contributed by atoms with Crippen molar-refractivity contribution in [2.45, 2.75) is 26.2 Å². The molecule has 0 radical (unpaired) electrons. The third-order valence-corrected chi connectivity index (χ3v) is 7.62. The smallest absolute Gasteiger partial charge is 0.236 e. The molecule has 1 aliphatic heterocycles. The lowest BCUT2D eigenvalue weighted by Crippen LogP contribution is -2.44. The van der Waals surface area contributed by atoms with Gasteiger partial charge in [0.1, 0.15) is 5.01 Å². The fourth-order valence-electron chi connectivity index (χ4n) is 3.61. The van der Waals surface area contributed by atoms with E-state index >= 15 is 0 Å². The number of thiazole rings is 1. The van der Waals surface area contributed by atoms with E-state index in [1.807, 2.05) is 36.7 Å². The van der Waals surface area contributed by atoms with Crippen molar-refractivity contribution in [1.29, 1.82) is 0 Å². The van der Waals surface area contributed by atoms with Crippen LogP contribution in [-0.4, -0.2) is 49.0 Å². The van der Waals surface area contributed by atoms with Gasteiger partial charge in [0.05, 0.1) is 16.0 Å². The largest absolute Gasteiger partial charge is 0.369 e. The first-order valence-electron chi connectivity index (χ1n) is 10.2. The molecule has 3 heterocycles. The van der Waals surface area contributed by atoms with Crippen LogP contribution in [0, 0.1) is 6.92 Å². The maximum atomic E-state index is 13.1. The lowest BCUT2D eigenvalue weighted by molar-refractivity contribution is -0.120. The van der Waals surface area contributed by atoms with Gasteiger partial charge in [-0.05, 0) is 63.0 Å². The van der Waals surface area contributed by atoms with E-state index < -0.39 is 5.41 Å². The fraction of sp³-hybridized carbons (Fsp3) is 0.391. The molecule has 4 rings (SSSR count). The van der Waals surface area contributed by atoms with Crippen LogP contribution < -0.4 is 10.2 Å². The minimum atomic E-state index is -0.712. The van der Waals surface area contributed by atoms with E-state index in [0.29, 0.717) is 0 Å². The number of anilines is 2. The Labute approximate surface area is 186 Å². The summed E-state index contributed by atoms with van der Waals surface area (Å²) < 4.78 is 0. The summed E-state index contributed by atoms with van der Waals surface area (Å²) in [7, 11) is 2.16. The first-order chi connectivity index (χ1) is 14.3. The van der Waals surface area contributed by atoms with Crippen molar-refractivity contribution in [2.24, 2.45) is 0 Å². The number of nitrogens with zero attached hydrogens (tertiary/aromatic N) is 3. The summed E-state index contributed by atoms with van der Waals surface area (Å²) in [5.74, 6) is -0.0442. The van der Waals surface area contributed by atoms with Crippen LogP contribution >= 0.6 is 22.7 Å². The molecule has 0 saturated carbocycles. The Morgan fingerprint density at radius 3 is 2.57 bits per heavy atom. The number of benzene rings is 1. The van der Waals surface area contributed by atoms with Gasteiger partial charge in [0.25, 0.3) is 0 Å². The van der Waals surface area contributed by atoms with E-state index in [4.69, 9.17) is 4.98 Å². The first-order valence-corrected chi connectivity index (χ1v) is 12.0. The number of nitrogens with one attached hydrogen (secondary N) is 1. The predicted octanol–water partition coefficient (Wildman–Crippen LogP) is 4.85. The van der Waals surface area contributed by atoms with Gasteiger partial charge in [-0.15, -0.1) is 22.7 Å². The fourth-order valence-corrected chi connectivity index (χ4v) is 5.42. The normalized spacial score (nSPS) is 15.4. The second-order valence-electron chi connectivity index (χ2n) is 8.39. The SMILES string of the molecule is Cc1cc(NC(=O)C(C)(C)c2csc(-c3cccs3)n2)ccc1N1CCN(C)CC1. The minimum absolute atomic E-state index is 0.0442. The summed E-state index contributed by atoms with van der Waals surface area (Å²) in [6.45, 7) is 10.2. The van der Waals surface area contributed by atoms with E-state index in [-0.39, 0.29) is 5.91 Å². The highest BCUT2D eigenvalue weighted by Gasteiger charge is 2.33. The Morgan fingerprint density at radius 1 is 1.13 bits per heavy atom. The predicted molar refractivity (Wildman–Crippen MR) is 128 cm³/mol. The maximum absolute atomic E-state index is 13.1. The quantitative estimate of drug-likeness (QED) is 0.616. The van der Waals surface area contributed by atoms with Crippen LogP contribution in [-0.2, 0) is 10.2 Å². The number of amides is 1. The summed E-state index contributed by atoms with van der Waals surface area (Å²) in [6.07, 6.45) is 0. The third kappa shape index (κ3) is 4.29. The molecule has 0 unspecified atom stereocenters. The number of thiophene rings is 1. The summed E-state index contributed by atoms with van der Waals surface area (Å²) in [4.78, 5) is 23.8. The first kappa shape index (κ1) is 21.0. The number of likely N-dealkylation sites (N-methyl/N-ethyl adjacent to an activating group) is 1. The number of hydrogen-bond donors (Lipinski definition) is 1. The molecule has 1 fully saturated rings. The monoisotopic (exact) mass is 440 g/mol. The van der Waals surface area contributed by atoms with Crippen LogP contribution in [0.3, 0.4) is 0 Å². The number of piperazine rings is 1. The molecule has 1 amide bonds. The molecule has 3 aromatic rings. The maximum Gasteiger partial charge on any atom is 0.236 e. The van der Waals surface area contributed by atoms with Crippen LogP contribution in [0.5, 0.6) is 0 Å². The Hall–Kier alpha value is -2.22. The second-order valence-corrected chi connectivity index (χ2v) is 10.2. The van der Waals surface area contributed by atoms with E-state index in [1.165, 1.54) is 11.3 Å². The summed E-state index contributed by atoms with van der Waals surface area (Å²) in [5, 5.41) is 8.11. The average molecular weight is 441 g/mol. The van der Waals surface area contributed by atoms with Crippen LogP contribution in [0.1, 0.15) is 25.1 Å². The van der Waals surface area contributed by atoms with E-state index in [9.17, 15) is 4.79 Å². The molecular weight excluding hydrogens is 412 g/mol. The molecule has 1 aromatic carbocycles. The molecule has 158 valence electrons. The zero-order chi connectivity index (χ0) is 21.3. The molecular formula is C23H28N4OS2. The molecule has 7 heteroatoms. The Balaban J connectivity index is 1.47. The van der Waals surface area contributed by atoms with Crippen LogP contribution in [0.25, 0.3) is 9.88 Å². The summed E-state index contributed by atoms with van der Waals surface area (Å²) in [6, 6.07) is 10.3. The van der Waals surface area contributed by atoms with Gasteiger partial charge in [-0.3, -0.25) is 4.79 Å². The van der Waals surface area contributed by atoms with Gasteiger partial charge in [-0.25, -0.2) is 4.98 Å². The highest BCUT2D eigenvalue weighted by atomic mass is 32.1. The minimum Gasteiger partial charge on any atom is -0.369 e. The van der Waals surface area contributed by atoms with Crippen molar-refractivity contribution >= 4 is 40.0 Å². The Kier molecular flexibility index (Phi) is 5.95. The number of carbonyl (C=O) groups excluding carboxylic acids is 1. The summed E-state index contributed by atoms with van der Waals surface area (Å²) >= 11 is 3.25. The number of aromatic nitrogens is 1. The molecule has 0 bridgehead atoms. The van der Waals surface area contributed by atoms with Gasteiger partial charge >= 0.3 is 0 Å². The highest BCUT2D eigenvalue weighted by Crippen LogP contribution is 2.33. The molecule has 0 atom stereocenters. The summed E-state index contributed by atoms with van der Waals surface area (Å²) in [5.41, 5.74) is 3.36. The van der Waals surface area contributed by atoms with Crippen molar-refractivity contribution < 1.29 is 4.79 Å². The number of aryl methyl sites for hydroxylation is 1. The molecule has 0 spiro atoms. The van der Waals surface area contributed by atoms with Crippen molar-refractivity contribution in [3.05, 3.63) is 52.3 Å². The molecule has 30 heavy (non-hydrogen) atoms. The Morgan fingerprint density at radius 2 is 1.90 bits per heavy atom. The zero-order valence-electron chi connectivity index (χ0n) is 17.9. The van der Waals surface area contributed by atoms with Gasteiger partial charge in [-0.1, -0.05) is 6.07 Å². The lowest BCUT2D eigenvalue weighted by atomic mass is 9.89. The van der Waals surface area contributed by atoms with Crippen LogP contribution in [0.15, 0.2) is 41.1 Å². The zero-order valence-corrected chi connectivity index (χ0v) is 19.6. The van der Waals surface area contributed by atoms with E-state index in [2.05, 4.69) is 47.3 Å². The number of carbonyl (C=O) groups is 1. The third-order valence-electron chi connectivity index (χ3n) is 5.74. The van der Waals surface area contributed by atoms with Gasteiger partial charge in [-0.2, -0.15) is 0 Å². The van der Waals surface area contributed by atoms with Gasteiger partial charge in [0.2, 0.25) is 5.91 Å². The van der Waals surface area contributed by atoms with Crippen LogP contribution in [0.2, 0.25) is 0 Å². The van der Waals surface area contributed by atoms with Gasteiger partial charge < -0.3 is 15.1 Å². The highest BCUT2D eigenvalue weighted by molar-refractivity contribution is 7.20. The molecule has 5 nitrogen and oxygen atoms in total. The number of rotatable bonds is 5. The van der Waals surface area contributed by atoms with Crippen molar-refractivity contribution in [3.8, 4) is 9.88 Å². The number of hydrogen-bond acceptors (Lipinski definition) is 6. The van der Waals surface area contributed by atoms with Crippen LogP contribution in [0.4, 0.5) is 11.4 Å². The molecule has 1 saturated heterocycles. The molecule has 2 aromatic heterocycles. The average Bonchev–Trinajstić information content (AvgIpc) is 3.41. The van der Waals surface area contributed by atoms with Crippen molar-refractivity contribution in [2.75, 3.05) is 43.4 Å². The molecule has 1 aliphatic rings. The standard InChI is InChI=1S/C23H28N4OS2/c1-16-14-17(7-8-18(16)27-11-9-26(4)10-12-27)24-22(28)23(2,3)20-15-30-21(25-20)19-6-5-13-29-19/h5-8,13-15H,9-12H2,1-4H3,(H,24,28). The van der Waals surface area contributed by atoms with Crippen molar-refractivity contribution in [1.82, 2.24) is 9.88 Å². The lowest BCUT2D eigenvalue weighted by Gasteiger charge is -2.35. The second kappa shape index (κ2) is 8.49. The topological polar surface area (TPSA) is 48.5 Å². The van der Waals surface area contributed by atoms with Gasteiger partial charge in [0, 0.05) is 42.9 Å². The van der Waals surface area contributed by atoms with Gasteiger partial charge in [0.15, 0.2) is 0 Å².